The number of fused-ring (bicyclic) bond motifs is 6. The van der Waals surface area contributed by atoms with Crippen molar-refractivity contribution in [3.63, 3.8) is 0 Å². The number of methoxy groups -OCH3 is 1. The minimum atomic E-state index is -1.17. The standard InChI is InChI=1S/C44H47FN8O6/c1-20(2)35(50-43(56)59-6)41(54)52-31-16-25(31)18-33(52)39-46-29-12-10-24-13-22(9-11-27(24)36(29)48-39)7-8-23-14-28(45)37-30(15-23)47-40(49-37)34-19-26-17-32(26)53(34)42(55)38(21(3)4)51(5)44(57)58/h9-15,20-21,25-26,31-35,38H,16-19H2,1-6H3,(H,46,48)(H,47,49)(H,50,56)(H,57,58)/t25-,26+,31+,32+,33-,34-,35-,38-/m0/s1. The lowest BCUT2D eigenvalue weighted by Gasteiger charge is -2.35. The molecule has 0 bridgehead atoms. The summed E-state index contributed by atoms with van der Waals surface area (Å²) in [6.45, 7) is 7.47. The SMILES string of the molecule is COC(=O)N[C@H](C(=O)N1[C@@H]2C[C@H]2C[C@H]1c1nc2c(ccc3cc(C#Cc4cc(F)c5nc([C@@H]6C[C@H]7C[C@H]7N6C(=O)[C@H](C(C)C)N(C)C(=O)O)[nH]c5c4)ccc32)[nH]1)C(C)C. The van der Waals surface area contributed by atoms with Crippen LogP contribution in [0.1, 0.15) is 88.2 Å². The van der Waals surface area contributed by atoms with Gasteiger partial charge in [0.15, 0.2) is 5.82 Å². The van der Waals surface area contributed by atoms with Crippen LogP contribution in [-0.4, -0.2) is 102 Å². The predicted octanol–water partition coefficient (Wildman–Crippen LogP) is 6.47. The van der Waals surface area contributed by atoms with Crippen molar-refractivity contribution in [2.45, 2.75) is 89.6 Å². The minimum Gasteiger partial charge on any atom is -0.465 e. The maximum atomic E-state index is 15.6. The summed E-state index contributed by atoms with van der Waals surface area (Å²) in [6, 6.07) is 10.9. The number of hydrogen-bond acceptors (Lipinski definition) is 7. The quantitative estimate of drug-likeness (QED) is 0.129. The van der Waals surface area contributed by atoms with E-state index in [0.29, 0.717) is 41.0 Å². The van der Waals surface area contributed by atoms with Crippen molar-refractivity contribution in [1.82, 2.24) is 40.0 Å². The molecule has 4 amide bonds. The van der Waals surface area contributed by atoms with E-state index in [1.165, 1.54) is 20.2 Å². The van der Waals surface area contributed by atoms with Gasteiger partial charge in [0.25, 0.3) is 0 Å². The second-order valence-corrected chi connectivity index (χ2v) is 17.3. The van der Waals surface area contributed by atoms with E-state index in [1.807, 2.05) is 62.9 Å². The fourth-order valence-corrected chi connectivity index (χ4v) is 9.59. The van der Waals surface area contributed by atoms with Gasteiger partial charge in [0, 0.05) is 35.6 Å². The number of alkyl carbamates (subject to hydrolysis) is 1. The Morgan fingerprint density at radius 3 is 2.08 bits per heavy atom. The molecule has 3 aromatic carbocycles. The summed E-state index contributed by atoms with van der Waals surface area (Å²) in [5.74, 6) is 6.90. The van der Waals surface area contributed by atoms with Gasteiger partial charge in [-0.3, -0.25) is 14.5 Å². The molecule has 4 aliphatic rings. The number of nitrogens with zero attached hydrogens (tertiary/aromatic N) is 5. The molecule has 15 heteroatoms. The zero-order valence-corrected chi connectivity index (χ0v) is 33.7. The van der Waals surface area contributed by atoms with E-state index in [4.69, 9.17) is 9.72 Å². The molecule has 5 aromatic rings. The number of imidazole rings is 2. The van der Waals surface area contributed by atoms with Gasteiger partial charge in [0.05, 0.1) is 35.7 Å². The van der Waals surface area contributed by atoms with E-state index in [-0.39, 0.29) is 47.3 Å². The van der Waals surface area contributed by atoms with E-state index in [0.717, 1.165) is 51.5 Å². The summed E-state index contributed by atoms with van der Waals surface area (Å²) in [4.78, 5) is 72.8. The highest BCUT2D eigenvalue weighted by molar-refractivity contribution is 6.04. The van der Waals surface area contributed by atoms with Gasteiger partial charge in [0.2, 0.25) is 11.8 Å². The third kappa shape index (κ3) is 6.68. The molecule has 0 spiro atoms. The normalized spacial score (nSPS) is 23.9. The summed E-state index contributed by atoms with van der Waals surface area (Å²) in [6.07, 6.45) is 1.48. The Kier molecular flexibility index (Phi) is 9.28. The van der Waals surface area contributed by atoms with Crippen LogP contribution in [0.3, 0.4) is 0 Å². The third-order valence-electron chi connectivity index (χ3n) is 12.7. The molecule has 0 unspecified atom stereocenters. The lowest BCUT2D eigenvalue weighted by atomic mass is 10.0. The number of likely N-dealkylation sites (N-methyl/N-ethyl adjacent to an activating group) is 1. The van der Waals surface area contributed by atoms with E-state index >= 15 is 4.39 Å². The average molecular weight is 803 g/mol. The number of carbonyl (C=O) groups is 4. The van der Waals surface area contributed by atoms with E-state index in [2.05, 4.69) is 32.1 Å². The molecule has 9 rings (SSSR count). The van der Waals surface area contributed by atoms with Crippen molar-refractivity contribution < 1.29 is 33.4 Å². The van der Waals surface area contributed by atoms with Crippen molar-refractivity contribution in [2.24, 2.45) is 23.7 Å². The molecule has 14 nitrogen and oxygen atoms in total. The van der Waals surface area contributed by atoms with Crippen molar-refractivity contribution in [2.75, 3.05) is 14.2 Å². The zero-order valence-electron chi connectivity index (χ0n) is 33.7. The van der Waals surface area contributed by atoms with Gasteiger partial charge >= 0.3 is 12.2 Å². The Balaban J connectivity index is 0.956. The molecule has 2 aliphatic heterocycles. The van der Waals surface area contributed by atoms with Crippen molar-refractivity contribution in [3.05, 3.63) is 71.1 Å². The molecular formula is C44H47FN8O6. The van der Waals surface area contributed by atoms with E-state index < -0.39 is 36.1 Å². The number of likely N-dealkylation sites (tertiary alicyclic amines) is 2. The number of hydrogen-bond donors (Lipinski definition) is 4. The van der Waals surface area contributed by atoms with Gasteiger partial charge in [-0.2, -0.15) is 0 Å². The second-order valence-electron chi connectivity index (χ2n) is 17.3. The van der Waals surface area contributed by atoms with Gasteiger partial charge in [0.1, 0.15) is 29.2 Å². The summed E-state index contributed by atoms with van der Waals surface area (Å²) in [5, 5.41) is 14.3. The van der Waals surface area contributed by atoms with Crippen molar-refractivity contribution >= 4 is 56.8 Å². The van der Waals surface area contributed by atoms with Crippen LogP contribution in [0.5, 0.6) is 0 Å². The van der Waals surface area contributed by atoms with Crippen molar-refractivity contribution in [3.8, 4) is 11.8 Å². The molecule has 4 fully saturated rings. The first kappa shape index (κ1) is 38.4. The topological polar surface area (TPSA) is 177 Å². The maximum absolute atomic E-state index is 15.6. The summed E-state index contributed by atoms with van der Waals surface area (Å²) in [5.41, 5.74) is 3.45. The number of carbonyl (C=O) groups excluding carboxylic acids is 3. The van der Waals surface area contributed by atoms with Crippen LogP contribution in [0.15, 0.2) is 42.5 Å². The fourth-order valence-electron chi connectivity index (χ4n) is 9.59. The summed E-state index contributed by atoms with van der Waals surface area (Å²) < 4.78 is 20.4. The molecule has 4 heterocycles. The molecule has 59 heavy (non-hydrogen) atoms. The van der Waals surface area contributed by atoms with Crippen LogP contribution in [-0.2, 0) is 14.3 Å². The number of rotatable bonds is 8. The minimum absolute atomic E-state index is 0.0169. The zero-order chi connectivity index (χ0) is 41.6. The van der Waals surface area contributed by atoms with E-state index in [1.54, 1.807) is 11.0 Å². The summed E-state index contributed by atoms with van der Waals surface area (Å²) in [7, 11) is 2.70. The number of halogens is 1. The van der Waals surface area contributed by atoms with Crippen LogP contribution in [0, 0.1) is 41.3 Å². The smallest absolute Gasteiger partial charge is 0.407 e. The Bertz CT molecular complexity index is 2630. The molecule has 8 atom stereocenters. The Labute approximate surface area is 339 Å². The molecule has 2 saturated carbocycles. The average Bonchev–Trinajstić information content (AvgIpc) is 3.85. The first-order valence-corrected chi connectivity index (χ1v) is 20.3. The highest BCUT2D eigenvalue weighted by atomic mass is 19.1. The van der Waals surface area contributed by atoms with Crippen molar-refractivity contribution in [1.29, 1.82) is 0 Å². The molecule has 4 N–H and O–H groups in total. The number of H-pyrrole nitrogens is 2. The third-order valence-corrected chi connectivity index (χ3v) is 12.7. The first-order chi connectivity index (χ1) is 28.2. The Morgan fingerprint density at radius 2 is 1.46 bits per heavy atom. The van der Waals surface area contributed by atoms with Crippen LogP contribution in [0.4, 0.5) is 14.0 Å². The van der Waals surface area contributed by atoms with Gasteiger partial charge in [-0.1, -0.05) is 51.7 Å². The number of ether oxygens (including phenoxy) is 1. The monoisotopic (exact) mass is 802 g/mol. The largest absolute Gasteiger partial charge is 0.465 e. The highest BCUT2D eigenvalue weighted by Crippen LogP contribution is 2.55. The lowest BCUT2D eigenvalue weighted by Crippen LogP contribution is -2.52. The number of piperidine rings is 2. The number of amides is 4. The molecule has 306 valence electrons. The van der Waals surface area contributed by atoms with Crippen LogP contribution in [0.25, 0.3) is 32.8 Å². The van der Waals surface area contributed by atoms with Crippen LogP contribution < -0.4 is 5.32 Å². The van der Waals surface area contributed by atoms with Gasteiger partial charge in [-0.05, 0) is 85.1 Å². The van der Waals surface area contributed by atoms with Gasteiger partial charge < -0.3 is 34.9 Å². The lowest BCUT2D eigenvalue weighted by molar-refractivity contribution is -0.140. The second kappa shape index (κ2) is 14.3. The number of aromatic amines is 2. The fraction of sp³-hybridized carbons (Fsp3) is 0.455. The highest BCUT2D eigenvalue weighted by Gasteiger charge is 2.57. The molecular weight excluding hydrogens is 756 g/mol. The Morgan fingerprint density at radius 1 is 0.831 bits per heavy atom. The number of carboxylic acid groups (broad SMARTS) is 1. The number of nitrogens with one attached hydrogen (secondary N) is 3. The summed E-state index contributed by atoms with van der Waals surface area (Å²) >= 11 is 0. The number of aromatic nitrogens is 4. The first-order valence-electron chi connectivity index (χ1n) is 20.3. The molecule has 2 aliphatic carbocycles. The van der Waals surface area contributed by atoms with Gasteiger partial charge in [-0.25, -0.2) is 23.9 Å². The predicted molar refractivity (Wildman–Crippen MR) is 216 cm³/mol. The maximum Gasteiger partial charge on any atom is 0.407 e. The number of benzene rings is 3. The molecule has 0 radical (unpaired) electrons. The van der Waals surface area contributed by atoms with Gasteiger partial charge in [-0.15, -0.1) is 0 Å². The molecule has 2 saturated heterocycles. The van der Waals surface area contributed by atoms with E-state index in [9.17, 15) is 24.3 Å². The Hall–Kier alpha value is -6.17. The molecule has 2 aromatic heterocycles. The van der Waals surface area contributed by atoms with Crippen LogP contribution >= 0.6 is 0 Å². The van der Waals surface area contributed by atoms with Crippen LogP contribution in [0.2, 0.25) is 0 Å².